The number of aromatic nitrogens is 2. The molecule has 0 saturated heterocycles. The Labute approximate surface area is 189 Å². The van der Waals surface area contributed by atoms with Gasteiger partial charge in [-0.05, 0) is 74.6 Å². The van der Waals surface area contributed by atoms with E-state index in [0.717, 1.165) is 17.1 Å². The van der Waals surface area contributed by atoms with Crippen LogP contribution in [0, 0.1) is 13.8 Å². The molecule has 0 saturated carbocycles. The fourth-order valence-electron chi connectivity index (χ4n) is 3.13. The van der Waals surface area contributed by atoms with Gasteiger partial charge in [0.05, 0.1) is 4.88 Å². The highest BCUT2D eigenvalue weighted by Gasteiger charge is 2.35. The summed E-state index contributed by atoms with van der Waals surface area (Å²) in [6.45, 7) is 7.27. The molecule has 0 spiro atoms. The largest absolute Gasteiger partial charge is 0.508 e. The number of hydrogen-bond donors (Lipinski definition) is 2. The van der Waals surface area contributed by atoms with Crippen LogP contribution in [0.5, 0.6) is 5.75 Å². The van der Waals surface area contributed by atoms with Gasteiger partial charge in [0.2, 0.25) is 5.91 Å². The summed E-state index contributed by atoms with van der Waals surface area (Å²) in [5.74, 6) is -0.898. The number of nitrogens with one attached hydrogen (secondary N) is 1. The van der Waals surface area contributed by atoms with Gasteiger partial charge in [-0.3, -0.25) is 14.5 Å². The minimum absolute atomic E-state index is 0.0132. The molecule has 2 N–H and O–H groups in total. The molecule has 0 aliphatic carbocycles. The average Bonchev–Trinajstić information content (AvgIpc) is 3.13. The van der Waals surface area contributed by atoms with Gasteiger partial charge in [-0.1, -0.05) is 34.3 Å². The van der Waals surface area contributed by atoms with E-state index in [-0.39, 0.29) is 17.5 Å². The zero-order valence-corrected chi connectivity index (χ0v) is 19.2. The van der Waals surface area contributed by atoms with Crippen molar-refractivity contribution in [3.8, 4) is 5.75 Å². The number of carbonyl (C=O) groups is 2. The Balaban J connectivity index is 2.23. The second kappa shape index (κ2) is 9.45. The normalized spacial score (nSPS) is 11.9. The lowest BCUT2D eigenvalue weighted by Crippen LogP contribution is -2.46. The highest BCUT2D eigenvalue weighted by Crippen LogP contribution is 2.34. The van der Waals surface area contributed by atoms with Crippen LogP contribution in [0.1, 0.15) is 46.4 Å². The average molecular weight is 459 g/mol. The molecule has 1 aromatic heterocycles. The van der Waals surface area contributed by atoms with Crippen LogP contribution in [0.3, 0.4) is 0 Å². The minimum atomic E-state index is -1.07. The molecule has 1 atom stereocenters. The van der Waals surface area contributed by atoms with Crippen LogP contribution in [-0.4, -0.2) is 32.5 Å². The van der Waals surface area contributed by atoms with E-state index in [4.69, 9.17) is 11.6 Å². The van der Waals surface area contributed by atoms with Crippen molar-refractivity contribution >= 4 is 40.6 Å². The highest BCUT2D eigenvalue weighted by molar-refractivity contribution is 7.05. The van der Waals surface area contributed by atoms with E-state index in [1.54, 1.807) is 37.3 Å². The molecule has 0 fully saturated rings. The quantitative estimate of drug-likeness (QED) is 0.569. The van der Waals surface area contributed by atoms with Crippen molar-refractivity contribution < 1.29 is 14.7 Å². The van der Waals surface area contributed by atoms with Crippen LogP contribution < -0.4 is 10.2 Å². The maximum Gasteiger partial charge on any atom is 0.281 e. The lowest BCUT2D eigenvalue weighted by Gasteiger charge is -2.32. The molecule has 3 aromatic rings. The van der Waals surface area contributed by atoms with E-state index >= 15 is 0 Å². The van der Waals surface area contributed by atoms with Crippen LogP contribution >= 0.6 is 23.1 Å². The van der Waals surface area contributed by atoms with E-state index in [0.29, 0.717) is 21.2 Å². The number of hydrogen-bond acceptors (Lipinski definition) is 6. The monoisotopic (exact) mass is 458 g/mol. The first-order valence-electron chi connectivity index (χ1n) is 9.67. The predicted molar refractivity (Wildman–Crippen MR) is 122 cm³/mol. The maximum atomic E-state index is 13.7. The molecule has 9 heteroatoms. The maximum absolute atomic E-state index is 13.7. The van der Waals surface area contributed by atoms with Gasteiger partial charge in [-0.2, -0.15) is 0 Å². The molecular weight excluding hydrogens is 436 g/mol. The minimum Gasteiger partial charge on any atom is -0.508 e. The first kappa shape index (κ1) is 22.7. The number of nitrogens with zero attached hydrogens (tertiary/aromatic N) is 3. The van der Waals surface area contributed by atoms with E-state index in [1.807, 2.05) is 20.8 Å². The fourth-order valence-corrected chi connectivity index (χ4v) is 3.77. The van der Waals surface area contributed by atoms with Gasteiger partial charge in [-0.25, -0.2) is 0 Å². The van der Waals surface area contributed by atoms with Gasteiger partial charge in [0.15, 0.2) is 5.69 Å². The van der Waals surface area contributed by atoms with Crippen LogP contribution in [0.4, 0.5) is 5.69 Å². The second-order valence-corrected chi connectivity index (χ2v) is 8.81. The first-order valence-corrected chi connectivity index (χ1v) is 10.8. The molecule has 3 rings (SSSR count). The Morgan fingerprint density at radius 1 is 1.16 bits per heavy atom. The molecule has 1 unspecified atom stereocenters. The SMILES string of the molecule is Cc1ccc(N(C(=O)c2nnsc2C)C(C(=O)NC(C)C)c2cccc(O)c2)cc1Cl. The summed E-state index contributed by atoms with van der Waals surface area (Å²) in [6.07, 6.45) is 0. The fraction of sp³-hybridized carbons (Fsp3) is 0.273. The Hall–Kier alpha value is -2.97. The van der Waals surface area contributed by atoms with Gasteiger partial charge in [-0.15, -0.1) is 5.10 Å². The van der Waals surface area contributed by atoms with Crippen molar-refractivity contribution in [3.63, 3.8) is 0 Å². The van der Waals surface area contributed by atoms with Gasteiger partial charge in [0.1, 0.15) is 11.8 Å². The van der Waals surface area contributed by atoms with Crippen LogP contribution in [-0.2, 0) is 4.79 Å². The van der Waals surface area contributed by atoms with E-state index < -0.39 is 17.9 Å². The Morgan fingerprint density at radius 2 is 1.90 bits per heavy atom. The van der Waals surface area contributed by atoms with Crippen molar-refractivity contribution in [2.24, 2.45) is 0 Å². The molecule has 0 bridgehead atoms. The summed E-state index contributed by atoms with van der Waals surface area (Å²) < 4.78 is 3.87. The second-order valence-electron chi connectivity index (χ2n) is 7.45. The molecule has 2 amide bonds. The predicted octanol–water partition coefficient (Wildman–Crippen LogP) is 4.43. The number of benzene rings is 2. The summed E-state index contributed by atoms with van der Waals surface area (Å²) in [5.41, 5.74) is 1.87. The van der Waals surface area contributed by atoms with Crippen molar-refractivity contribution in [1.29, 1.82) is 0 Å². The number of carbonyl (C=O) groups excluding carboxylic acids is 2. The van der Waals surface area contributed by atoms with Crippen LogP contribution in [0.15, 0.2) is 42.5 Å². The molecule has 0 aliphatic heterocycles. The zero-order chi connectivity index (χ0) is 22.7. The van der Waals surface area contributed by atoms with E-state index in [2.05, 4.69) is 14.9 Å². The number of anilines is 1. The molecule has 0 radical (unpaired) electrons. The Kier molecular flexibility index (Phi) is 6.92. The third-order valence-electron chi connectivity index (χ3n) is 4.63. The molecule has 1 heterocycles. The van der Waals surface area contributed by atoms with Crippen molar-refractivity contribution in [1.82, 2.24) is 14.9 Å². The summed E-state index contributed by atoms with van der Waals surface area (Å²) in [6, 6.07) is 10.2. The number of amides is 2. The number of halogens is 1. The summed E-state index contributed by atoms with van der Waals surface area (Å²) in [4.78, 5) is 29.0. The van der Waals surface area contributed by atoms with E-state index in [1.165, 1.54) is 17.0 Å². The number of phenolic OH excluding ortho intramolecular Hbond substituents is 1. The Morgan fingerprint density at radius 3 is 2.48 bits per heavy atom. The standard InChI is InChI=1S/C22H23ClN4O3S/c1-12(2)24-21(29)20(15-6-5-7-17(28)10-15)27(16-9-8-13(3)18(23)11-16)22(30)19-14(4)31-26-25-19/h5-12,20,28H,1-4H3,(H,24,29). The van der Waals surface area contributed by atoms with Gasteiger partial charge >= 0.3 is 0 Å². The van der Waals surface area contributed by atoms with Crippen molar-refractivity contribution in [2.45, 2.75) is 39.8 Å². The molecule has 7 nitrogen and oxygen atoms in total. The summed E-state index contributed by atoms with van der Waals surface area (Å²) in [5, 5.41) is 17.4. The number of rotatable bonds is 6. The lowest BCUT2D eigenvalue weighted by atomic mass is 10.0. The Bertz CT molecular complexity index is 1120. The topological polar surface area (TPSA) is 95.4 Å². The number of phenols is 1. The highest BCUT2D eigenvalue weighted by atomic mass is 35.5. The van der Waals surface area contributed by atoms with Gasteiger partial charge in [0, 0.05) is 16.8 Å². The molecular formula is C22H23ClN4O3S. The zero-order valence-electron chi connectivity index (χ0n) is 17.6. The van der Waals surface area contributed by atoms with Gasteiger partial charge < -0.3 is 10.4 Å². The third-order valence-corrected chi connectivity index (χ3v) is 5.67. The van der Waals surface area contributed by atoms with Crippen LogP contribution in [0.25, 0.3) is 0 Å². The number of aryl methyl sites for hydroxylation is 2. The first-order chi connectivity index (χ1) is 14.7. The smallest absolute Gasteiger partial charge is 0.281 e. The molecule has 162 valence electrons. The van der Waals surface area contributed by atoms with Crippen molar-refractivity contribution in [3.05, 3.63) is 69.2 Å². The summed E-state index contributed by atoms with van der Waals surface area (Å²) in [7, 11) is 0. The van der Waals surface area contributed by atoms with E-state index in [9.17, 15) is 14.7 Å². The van der Waals surface area contributed by atoms with Crippen molar-refractivity contribution in [2.75, 3.05) is 4.90 Å². The molecule has 31 heavy (non-hydrogen) atoms. The van der Waals surface area contributed by atoms with Crippen LogP contribution in [0.2, 0.25) is 5.02 Å². The summed E-state index contributed by atoms with van der Waals surface area (Å²) >= 11 is 7.46. The van der Waals surface area contributed by atoms with Gasteiger partial charge in [0.25, 0.3) is 5.91 Å². The lowest BCUT2D eigenvalue weighted by molar-refractivity contribution is -0.123. The molecule has 0 aliphatic rings. The third kappa shape index (κ3) is 5.03. The molecule has 2 aromatic carbocycles. The number of aromatic hydroxyl groups is 1.